The van der Waals surface area contributed by atoms with Crippen LogP contribution < -0.4 is 139 Å². The van der Waals surface area contributed by atoms with Crippen LogP contribution in [0.3, 0.4) is 0 Å². The molecule has 0 aliphatic heterocycles. The van der Waals surface area contributed by atoms with Gasteiger partial charge < -0.3 is 39.6 Å². The van der Waals surface area contributed by atoms with Gasteiger partial charge in [0, 0.05) is 23.9 Å². The Labute approximate surface area is 255 Å². The fourth-order valence-corrected chi connectivity index (χ4v) is 1.78. The van der Waals surface area contributed by atoms with E-state index in [1.54, 1.807) is 0 Å². The van der Waals surface area contributed by atoms with Crippen molar-refractivity contribution in [3.05, 3.63) is 0 Å². The second-order valence-corrected chi connectivity index (χ2v) is 5.32. The predicted molar refractivity (Wildman–Crippen MR) is 75.4 cm³/mol. The van der Waals surface area contributed by atoms with E-state index < -0.39 is 23.9 Å². The number of unbranched alkanes of at least 4 members (excludes halogenated alkanes) is 6. The maximum absolute atomic E-state index is 9.92. The number of aliphatic carboxylic acids is 4. The summed E-state index contributed by atoms with van der Waals surface area (Å²) in [4.78, 5) is 39.7. The molecule has 0 unspecified atom stereocenters. The fraction of sp³-hybridized carbons (Fsp3) is 0.750. The molecule has 0 N–H and O–H groups in total. The molecule has 0 bridgehead atoms. The van der Waals surface area contributed by atoms with E-state index in [1.807, 2.05) is 0 Å². The zero-order valence-corrected chi connectivity index (χ0v) is 25.8. The van der Waals surface area contributed by atoms with Crippen molar-refractivity contribution >= 4 is 23.9 Å². The summed E-state index contributed by atoms with van der Waals surface area (Å²) in [5.74, 6) is -4.19. The molecular formula is C16H24Na4O8. The van der Waals surface area contributed by atoms with Gasteiger partial charge in [-0.1, -0.05) is 25.7 Å². The minimum absolute atomic E-state index is 0. The van der Waals surface area contributed by atoms with Gasteiger partial charge >= 0.3 is 118 Å². The molecule has 0 radical (unpaired) electrons. The van der Waals surface area contributed by atoms with E-state index in [0.717, 1.165) is 25.7 Å². The summed E-state index contributed by atoms with van der Waals surface area (Å²) >= 11 is 0. The van der Waals surface area contributed by atoms with E-state index in [1.165, 1.54) is 0 Å². The molecule has 0 spiro atoms. The van der Waals surface area contributed by atoms with Crippen molar-refractivity contribution in [1.29, 1.82) is 0 Å². The Morgan fingerprint density at radius 3 is 0.607 bits per heavy atom. The number of hydrogen-bond donors (Lipinski definition) is 0. The van der Waals surface area contributed by atoms with E-state index in [-0.39, 0.29) is 144 Å². The number of hydrogen-bond acceptors (Lipinski definition) is 8. The van der Waals surface area contributed by atoms with Gasteiger partial charge in [0.25, 0.3) is 0 Å². The smallest absolute Gasteiger partial charge is 0.550 e. The van der Waals surface area contributed by atoms with Gasteiger partial charge in [0.1, 0.15) is 0 Å². The van der Waals surface area contributed by atoms with Crippen LogP contribution in [0.25, 0.3) is 0 Å². The van der Waals surface area contributed by atoms with Gasteiger partial charge in [-0.15, -0.1) is 0 Å². The van der Waals surface area contributed by atoms with Crippen LogP contribution >= 0.6 is 0 Å². The van der Waals surface area contributed by atoms with Gasteiger partial charge in [-0.3, -0.25) is 0 Å². The zero-order chi connectivity index (χ0) is 18.8. The standard InChI is InChI=1S/2C8H14O4.4Na/c2*9-7(10)5-3-1-2-4-6-8(11)12;;;;/h2*1-6H2,(H,9,10)(H,11,12);;;;/q;;4*+1/p-4. The van der Waals surface area contributed by atoms with Crippen molar-refractivity contribution in [2.45, 2.75) is 77.0 Å². The van der Waals surface area contributed by atoms with E-state index in [4.69, 9.17) is 0 Å². The molecule has 0 amide bonds. The summed E-state index contributed by atoms with van der Waals surface area (Å²) in [5, 5.41) is 39.7. The average molecular weight is 436 g/mol. The normalized spacial score (nSPS) is 8.29. The number of carboxylic acid groups (broad SMARTS) is 4. The second kappa shape index (κ2) is 33.5. The molecule has 0 rings (SSSR count). The van der Waals surface area contributed by atoms with Gasteiger partial charge in [-0.25, -0.2) is 0 Å². The first-order chi connectivity index (χ1) is 11.3. The third kappa shape index (κ3) is 51.0. The monoisotopic (exact) mass is 436 g/mol. The first-order valence-corrected chi connectivity index (χ1v) is 8.05. The van der Waals surface area contributed by atoms with Gasteiger partial charge in [0.05, 0.1) is 0 Å². The zero-order valence-electron chi connectivity index (χ0n) is 17.8. The number of carbonyl (C=O) groups is 4. The van der Waals surface area contributed by atoms with Crippen LogP contribution in [0.15, 0.2) is 0 Å². The van der Waals surface area contributed by atoms with Gasteiger partial charge in [0.2, 0.25) is 0 Å². The third-order valence-electron chi connectivity index (χ3n) is 3.02. The molecule has 0 saturated heterocycles. The van der Waals surface area contributed by atoms with Crippen molar-refractivity contribution < 1.29 is 158 Å². The summed E-state index contributed by atoms with van der Waals surface area (Å²) < 4.78 is 0. The van der Waals surface area contributed by atoms with Crippen molar-refractivity contribution in [2.75, 3.05) is 0 Å². The summed E-state index contributed by atoms with van der Waals surface area (Å²) in [6.07, 6.45) is 5.45. The first kappa shape index (κ1) is 43.7. The van der Waals surface area contributed by atoms with Crippen molar-refractivity contribution in [3.8, 4) is 0 Å². The summed E-state index contributed by atoms with van der Waals surface area (Å²) in [6, 6.07) is 0. The van der Waals surface area contributed by atoms with E-state index in [2.05, 4.69) is 0 Å². The Kier molecular flexibility index (Phi) is 52.3. The Morgan fingerprint density at radius 1 is 0.357 bits per heavy atom. The van der Waals surface area contributed by atoms with Crippen LogP contribution in [-0.4, -0.2) is 23.9 Å². The van der Waals surface area contributed by atoms with Crippen molar-refractivity contribution in [2.24, 2.45) is 0 Å². The summed E-state index contributed by atoms with van der Waals surface area (Å²) in [5.41, 5.74) is 0. The SMILES string of the molecule is O=C([O-])CCCCCCC(=O)[O-].O=C([O-])CCCCCCC(=O)[O-].[Na+].[Na+].[Na+].[Na+]. The van der Waals surface area contributed by atoms with Crippen molar-refractivity contribution in [1.82, 2.24) is 0 Å². The van der Waals surface area contributed by atoms with Crippen molar-refractivity contribution in [3.63, 3.8) is 0 Å². The third-order valence-corrected chi connectivity index (χ3v) is 3.02. The molecule has 28 heavy (non-hydrogen) atoms. The first-order valence-electron chi connectivity index (χ1n) is 8.05. The Hall–Kier alpha value is 1.88. The number of carbonyl (C=O) groups excluding carboxylic acids is 4. The molecule has 140 valence electrons. The minimum atomic E-state index is -1.05. The topological polar surface area (TPSA) is 161 Å². The Balaban J connectivity index is -0.0000000756. The van der Waals surface area contributed by atoms with Gasteiger partial charge in [-0.05, 0) is 51.4 Å². The van der Waals surface area contributed by atoms with Crippen LogP contribution in [0, 0.1) is 0 Å². The molecule has 0 heterocycles. The number of rotatable bonds is 14. The van der Waals surface area contributed by atoms with Gasteiger partial charge in [0.15, 0.2) is 0 Å². The van der Waals surface area contributed by atoms with Crippen LogP contribution in [0.4, 0.5) is 0 Å². The molecule has 12 heteroatoms. The Bertz CT molecular complexity index is 323. The molecule has 0 aromatic rings. The molecule has 0 saturated carbocycles. The molecule has 8 nitrogen and oxygen atoms in total. The molecular weight excluding hydrogens is 412 g/mol. The average Bonchev–Trinajstić information content (AvgIpc) is 2.46. The summed E-state index contributed by atoms with van der Waals surface area (Å²) in [6.45, 7) is 0. The van der Waals surface area contributed by atoms with E-state index >= 15 is 0 Å². The predicted octanol–water partition coefficient (Wildman–Crippen LogP) is -14.3. The molecule has 0 aliphatic rings. The quantitative estimate of drug-likeness (QED) is 0.192. The maximum atomic E-state index is 9.92. The molecule has 0 fully saturated rings. The Morgan fingerprint density at radius 2 is 0.500 bits per heavy atom. The molecule has 0 aliphatic carbocycles. The van der Waals surface area contributed by atoms with E-state index in [0.29, 0.717) is 25.7 Å². The second-order valence-electron chi connectivity index (χ2n) is 5.32. The molecule has 0 aromatic carbocycles. The molecule has 0 atom stereocenters. The largest absolute Gasteiger partial charge is 1.00 e. The fourth-order valence-electron chi connectivity index (χ4n) is 1.78. The van der Waals surface area contributed by atoms with E-state index in [9.17, 15) is 39.6 Å². The van der Waals surface area contributed by atoms with Gasteiger partial charge in [-0.2, -0.15) is 0 Å². The number of carboxylic acids is 4. The van der Waals surface area contributed by atoms with Crippen LogP contribution in [0.5, 0.6) is 0 Å². The maximum Gasteiger partial charge on any atom is 1.00 e. The van der Waals surface area contributed by atoms with Crippen LogP contribution in [-0.2, 0) is 19.2 Å². The van der Waals surface area contributed by atoms with Crippen LogP contribution in [0.1, 0.15) is 77.0 Å². The summed E-state index contributed by atoms with van der Waals surface area (Å²) in [7, 11) is 0. The molecule has 0 aromatic heterocycles. The van der Waals surface area contributed by atoms with Crippen LogP contribution in [0.2, 0.25) is 0 Å². The minimum Gasteiger partial charge on any atom is -0.550 e.